The van der Waals surface area contributed by atoms with Gasteiger partial charge in [0.05, 0.1) is 28.4 Å². The lowest BCUT2D eigenvalue weighted by Gasteiger charge is -2.46. The van der Waals surface area contributed by atoms with E-state index in [1.165, 1.54) is 29.0 Å². The molecule has 1 aromatic heterocycles. The van der Waals surface area contributed by atoms with Crippen LogP contribution in [0, 0.1) is 0 Å². The molecule has 1 saturated carbocycles. The highest BCUT2D eigenvalue weighted by Gasteiger charge is 2.35. The van der Waals surface area contributed by atoms with Gasteiger partial charge in [-0.2, -0.15) is 13.2 Å². The number of amides is 2. The van der Waals surface area contributed by atoms with Gasteiger partial charge in [0.15, 0.2) is 0 Å². The molecule has 2 fully saturated rings. The Kier molecular flexibility index (Phi) is 7.09. The summed E-state index contributed by atoms with van der Waals surface area (Å²) in [7, 11) is 0. The van der Waals surface area contributed by atoms with E-state index in [1.54, 1.807) is 0 Å². The topological polar surface area (TPSA) is 94.3 Å². The second-order valence-electron chi connectivity index (χ2n) is 9.76. The lowest BCUT2D eigenvalue weighted by atomic mass is 9.80. The van der Waals surface area contributed by atoms with E-state index in [4.69, 9.17) is 0 Å². The fourth-order valence-electron chi connectivity index (χ4n) is 5.28. The predicted octanol–water partition coefficient (Wildman–Crippen LogP) is 3.87. The Labute approximate surface area is 215 Å². The zero-order valence-electron chi connectivity index (χ0n) is 19.9. The van der Waals surface area contributed by atoms with Crippen LogP contribution < -0.4 is 15.5 Å². The largest absolute Gasteiger partial charge is 0.416 e. The molecule has 7 nitrogen and oxygen atoms in total. The summed E-state index contributed by atoms with van der Waals surface area (Å²) in [6.45, 7) is 1.19. The molecule has 196 valence electrons. The zero-order valence-corrected chi connectivity index (χ0v) is 20.8. The van der Waals surface area contributed by atoms with Crippen molar-refractivity contribution in [3.8, 4) is 0 Å². The molecular weight excluding hydrogens is 505 g/mol. The number of halogens is 3. The number of H-pyrrole nitrogens is 1. The van der Waals surface area contributed by atoms with Crippen molar-refractivity contribution >= 4 is 33.4 Å². The van der Waals surface area contributed by atoms with E-state index >= 15 is 0 Å². The van der Waals surface area contributed by atoms with Crippen LogP contribution in [-0.2, 0) is 11.0 Å². The summed E-state index contributed by atoms with van der Waals surface area (Å²) >= 11 is 1.23. The number of likely N-dealkylation sites (tertiary alicyclic amines) is 1. The maximum atomic E-state index is 12.8. The van der Waals surface area contributed by atoms with Crippen LogP contribution in [0.5, 0.6) is 0 Å². The monoisotopic (exact) mass is 532 g/mol. The van der Waals surface area contributed by atoms with Crippen LogP contribution in [0.1, 0.15) is 53.1 Å². The average Bonchev–Trinajstić information content (AvgIpc) is 3.23. The van der Waals surface area contributed by atoms with Crippen LogP contribution in [0.3, 0.4) is 0 Å². The maximum absolute atomic E-state index is 12.8. The molecule has 37 heavy (non-hydrogen) atoms. The van der Waals surface area contributed by atoms with E-state index in [0.717, 1.165) is 61.1 Å². The molecule has 11 heteroatoms. The molecule has 2 amide bonds. The molecule has 0 spiro atoms. The van der Waals surface area contributed by atoms with Gasteiger partial charge < -0.3 is 15.6 Å². The number of aromatic amines is 1. The number of hydrogen-bond acceptors (Lipinski definition) is 5. The number of carbonyl (C=O) groups is 2. The van der Waals surface area contributed by atoms with Crippen LogP contribution in [0.4, 0.5) is 13.2 Å². The van der Waals surface area contributed by atoms with E-state index in [0.29, 0.717) is 12.0 Å². The number of fused-ring (bicyclic) bond motifs is 1. The first-order chi connectivity index (χ1) is 17.7. The Morgan fingerprint density at radius 3 is 2.54 bits per heavy atom. The molecule has 3 aromatic rings. The molecule has 0 radical (unpaired) electrons. The van der Waals surface area contributed by atoms with E-state index in [1.807, 2.05) is 6.07 Å². The number of hydrogen-bond donors (Lipinski definition) is 3. The van der Waals surface area contributed by atoms with Crippen molar-refractivity contribution in [1.29, 1.82) is 0 Å². The van der Waals surface area contributed by atoms with Gasteiger partial charge in [0.25, 0.3) is 5.91 Å². The molecular formula is C26H27F3N4O3S. The van der Waals surface area contributed by atoms with Crippen molar-refractivity contribution < 1.29 is 22.8 Å². The van der Waals surface area contributed by atoms with Gasteiger partial charge in [0.1, 0.15) is 0 Å². The summed E-state index contributed by atoms with van der Waals surface area (Å²) < 4.78 is 39.5. The summed E-state index contributed by atoms with van der Waals surface area (Å²) in [5.74, 6) is -0.616. The third-order valence-corrected chi connectivity index (χ3v) is 8.13. The number of benzene rings is 2. The Hall–Kier alpha value is -3.18. The van der Waals surface area contributed by atoms with E-state index < -0.39 is 17.6 Å². The van der Waals surface area contributed by atoms with Crippen LogP contribution in [0.15, 0.2) is 47.3 Å². The second-order valence-corrected chi connectivity index (χ2v) is 10.8. The van der Waals surface area contributed by atoms with Crippen molar-refractivity contribution in [2.45, 2.75) is 49.9 Å². The van der Waals surface area contributed by atoms with E-state index in [-0.39, 0.29) is 28.9 Å². The maximum Gasteiger partial charge on any atom is 0.416 e. The van der Waals surface area contributed by atoms with Crippen molar-refractivity contribution in [3.63, 3.8) is 0 Å². The molecule has 0 unspecified atom stereocenters. The molecule has 2 aliphatic rings. The normalized spacial score (nSPS) is 20.9. The first-order valence-electron chi connectivity index (χ1n) is 12.3. The fraction of sp³-hybridized carbons (Fsp3) is 0.423. The summed E-state index contributed by atoms with van der Waals surface area (Å²) in [5, 5.41) is 5.27. The minimum absolute atomic E-state index is 0.00601. The molecule has 5 rings (SSSR count). The van der Waals surface area contributed by atoms with Gasteiger partial charge in [-0.1, -0.05) is 23.5 Å². The Balaban J connectivity index is 1.03. The first-order valence-corrected chi connectivity index (χ1v) is 13.1. The number of nitrogens with one attached hydrogen (secondary N) is 3. The first kappa shape index (κ1) is 25.5. The van der Waals surface area contributed by atoms with Gasteiger partial charge >= 0.3 is 11.0 Å². The van der Waals surface area contributed by atoms with E-state index in [2.05, 4.69) is 32.7 Å². The van der Waals surface area contributed by atoms with Crippen LogP contribution in [-0.4, -0.2) is 53.4 Å². The van der Waals surface area contributed by atoms with Crippen LogP contribution in [0.2, 0.25) is 0 Å². The molecule has 1 aliphatic carbocycles. The minimum Gasteiger partial charge on any atom is -0.349 e. The van der Waals surface area contributed by atoms with E-state index in [9.17, 15) is 27.6 Å². The lowest BCUT2D eigenvalue weighted by Crippen LogP contribution is -2.63. The van der Waals surface area contributed by atoms with Crippen molar-refractivity contribution in [2.24, 2.45) is 0 Å². The van der Waals surface area contributed by atoms with Gasteiger partial charge in [-0.05, 0) is 67.5 Å². The van der Waals surface area contributed by atoms with Gasteiger partial charge in [-0.15, -0.1) is 0 Å². The molecule has 3 N–H and O–H groups in total. The molecule has 0 bridgehead atoms. The standard InChI is InChI=1S/C26H27F3N4O3S/c27-26(28,29)18-3-1-2-17(10-18)24(35)30-12-23(34)31-19-13-33(14-19)20-7-4-15(5-8-20)16-6-9-22-21(11-16)32-25(36)37-22/h1-3,6,9-11,15,19-20H,4-5,7-8,12-14H2,(H,30,35)(H,31,34)(H,32,36). The Morgan fingerprint density at radius 2 is 1.81 bits per heavy atom. The molecule has 0 atom stereocenters. The quantitative estimate of drug-likeness (QED) is 0.450. The Bertz CT molecular complexity index is 1350. The SMILES string of the molecule is O=C(CNC(=O)c1cccc(C(F)(F)F)c1)NC1CN(C2CCC(c3ccc4sc(=O)[nH]c4c3)CC2)C1. The summed E-state index contributed by atoms with van der Waals surface area (Å²) in [5.41, 5.74) is 1.12. The lowest BCUT2D eigenvalue weighted by molar-refractivity contribution is -0.137. The minimum atomic E-state index is -4.54. The summed E-state index contributed by atoms with van der Waals surface area (Å²) in [6.07, 6.45) is -0.269. The Morgan fingerprint density at radius 1 is 1.05 bits per heavy atom. The van der Waals surface area contributed by atoms with Crippen molar-refractivity contribution in [1.82, 2.24) is 20.5 Å². The van der Waals surface area contributed by atoms with Gasteiger partial charge in [-0.25, -0.2) is 0 Å². The number of aromatic nitrogens is 1. The fourth-order valence-corrected chi connectivity index (χ4v) is 5.99. The number of carbonyl (C=O) groups excluding carboxylic acids is 2. The van der Waals surface area contributed by atoms with Crippen LogP contribution in [0.25, 0.3) is 10.2 Å². The third kappa shape index (κ3) is 5.88. The highest BCUT2D eigenvalue weighted by Crippen LogP contribution is 2.37. The molecule has 1 saturated heterocycles. The molecule has 1 aliphatic heterocycles. The van der Waals surface area contributed by atoms with Gasteiger partial charge in [0.2, 0.25) is 5.91 Å². The van der Waals surface area contributed by atoms with Crippen molar-refractivity contribution in [3.05, 3.63) is 68.8 Å². The van der Waals surface area contributed by atoms with Gasteiger partial charge in [0, 0.05) is 24.7 Å². The summed E-state index contributed by atoms with van der Waals surface area (Å²) in [6, 6.07) is 10.8. The number of nitrogens with zero attached hydrogens (tertiary/aromatic N) is 1. The van der Waals surface area contributed by atoms with Crippen molar-refractivity contribution in [2.75, 3.05) is 19.6 Å². The molecule has 2 heterocycles. The second kappa shape index (κ2) is 10.3. The van der Waals surface area contributed by atoms with Gasteiger partial charge in [-0.3, -0.25) is 19.3 Å². The zero-order chi connectivity index (χ0) is 26.2. The van der Waals surface area contributed by atoms with Crippen LogP contribution >= 0.6 is 11.3 Å². The highest BCUT2D eigenvalue weighted by atomic mass is 32.1. The average molecular weight is 533 g/mol. The smallest absolute Gasteiger partial charge is 0.349 e. The highest BCUT2D eigenvalue weighted by molar-refractivity contribution is 7.16. The number of alkyl halides is 3. The number of rotatable bonds is 6. The predicted molar refractivity (Wildman–Crippen MR) is 135 cm³/mol. The summed E-state index contributed by atoms with van der Waals surface area (Å²) in [4.78, 5) is 41.2. The third-order valence-electron chi connectivity index (χ3n) is 7.26. The number of thiazole rings is 1. The molecule has 2 aromatic carbocycles.